The number of aryl methyl sites for hydroxylation is 1. The molecular formula is C17H28. The zero-order valence-corrected chi connectivity index (χ0v) is 11.8. The van der Waals surface area contributed by atoms with Gasteiger partial charge in [0.05, 0.1) is 0 Å². The van der Waals surface area contributed by atoms with Crippen LogP contribution in [0.5, 0.6) is 0 Å². The smallest absolute Gasteiger partial charge is 0.0274 e. The Balaban J connectivity index is 0.000000686. The van der Waals surface area contributed by atoms with E-state index in [2.05, 4.69) is 37.3 Å². The highest BCUT2D eigenvalue weighted by atomic mass is 14.3. The van der Waals surface area contributed by atoms with Crippen LogP contribution in [-0.2, 0) is 6.42 Å². The highest BCUT2D eigenvalue weighted by Crippen LogP contribution is 2.39. The molecule has 0 amide bonds. The van der Waals surface area contributed by atoms with E-state index < -0.39 is 0 Å². The van der Waals surface area contributed by atoms with Crippen LogP contribution < -0.4 is 0 Å². The van der Waals surface area contributed by atoms with E-state index in [4.69, 9.17) is 0 Å². The summed E-state index contributed by atoms with van der Waals surface area (Å²) in [6.45, 7) is 6.48. The lowest BCUT2D eigenvalue weighted by molar-refractivity contribution is 0.199. The van der Waals surface area contributed by atoms with Gasteiger partial charge >= 0.3 is 0 Å². The van der Waals surface area contributed by atoms with E-state index in [1.165, 1.54) is 50.5 Å². The Hall–Kier alpha value is -0.780. The number of hydrogen-bond acceptors (Lipinski definition) is 0. The van der Waals surface area contributed by atoms with Gasteiger partial charge in [-0.3, -0.25) is 0 Å². The lowest BCUT2D eigenvalue weighted by atomic mass is 9.72. The molecule has 0 N–H and O–H groups in total. The second-order valence-electron chi connectivity index (χ2n) is 5.36. The summed E-state index contributed by atoms with van der Waals surface area (Å²) in [4.78, 5) is 0. The van der Waals surface area contributed by atoms with E-state index in [1.807, 2.05) is 13.8 Å². The van der Waals surface area contributed by atoms with E-state index in [9.17, 15) is 0 Å². The van der Waals surface area contributed by atoms with Gasteiger partial charge in [0.15, 0.2) is 0 Å². The first-order valence-corrected chi connectivity index (χ1v) is 7.32. The molecule has 1 aliphatic rings. The van der Waals surface area contributed by atoms with E-state index in [1.54, 1.807) is 0 Å². The van der Waals surface area contributed by atoms with Gasteiger partial charge in [0.2, 0.25) is 0 Å². The molecule has 1 fully saturated rings. The van der Waals surface area contributed by atoms with Crippen LogP contribution in [0.25, 0.3) is 0 Å². The van der Waals surface area contributed by atoms with Crippen LogP contribution in [-0.4, -0.2) is 0 Å². The van der Waals surface area contributed by atoms with E-state index in [-0.39, 0.29) is 0 Å². The minimum Gasteiger partial charge on any atom is -0.0683 e. The molecule has 0 spiro atoms. The van der Waals surface area contributed by atoms with Gasteiger partial charge in [-0.15, -0.1) is 0 Å². The molecule has 0 aromatic heterocycles. The van der Waals surface area contributed by atoms with Crippen molar-refractivity contribution in [3.63, 3.8) is 0 Å². The Morgan fingerprint density at radius 3 is 2.12 bits per heavy atom. The van der Waals surface area contributed by atoms with Crippen LogP contribution in [0.4, 0.5) is 0 Å². The fraction of sp³-hybridized carbons (Fsp3) is 0.647. The summed E-state index contributed by atoms with van der Waals surface area (Å²) >= 11 is 0. The third kappa shape index (κ3) is 4.93. The maximum atomic E-state index is 2.48. The minimum absolute atomic E-state index is 0.633. The molecule has 0 heterocycles. The normalized spacial score (nSPS) is 18.1. The first kappa shape index (κ1) is 14.3. The van der Waals surface area contributed by atoms with Gasteiger partial charge in [-0.05, 0) is 36.7 Å². The molecule has 0 atom stereocenters. The second-order valence-corrected chi connectivity index (χ2v) is 5.36. The molecular weight excluding hydrogens is 204 g/mol. The van der Waals surface area contributed by atoms with E-state index >= 15 is 0 Å². The van der Waals surface area contributed by atoms with E-state index in [0.717, 1.165) is 0 Å². The second kappa shape index (κ2) is 7.53. The summed E-state index contributed by atoms with van der Waals surface area (Å²) in [5, 5.41) is 0. The summed E-state index contributed by atoms with van der Waals surface area (Å²) in [6.07, 6.45) is 9.88. The van der Waals surface area contributed by atoms with E-state index in [0.29, 0.717) is 5.41 Å². The highest BCUT2D eigenvalue weighted by molar-refractivity contribution is 5.14. The molecule has 17 heavy (non-hydrogen) atoms. The molecule has 0 radical (unpaired) electrons. The fourth-order valence-electron chi connectivity index (χ4n) is 2.75. The van der Waals surface area contributed by atoms with Crippen molar-refractivity contribution in [2.24, 2.45) is 5.41 Å². The topological polar surface area (TPSA) is 0 Å². The predicted molar refractivity (Wildman–Crippen MR) is 77.3 cm³/mol. The van der Waals surface area contributed by atoms with Crippen molar-refractivity contribution in [3.05, 3.63) is 35.9 Å². The molecule has 0 nitrogen and oxygen atoms in total. The van der Waals surface area contributed by atoms with Gasteiger partial charge in [0.25, 0.3) is 0 Å². The van der Waals surface area contributed by atoms with Crippen LogP contribution in [0.2, 0.25) is 0 Å². The lowest BCUT2D eigenvalue weighted by Crippen LogP contribution is -2.20. The van der Waals surface area contributed by atoms with Crippen molar-refractivity contribution >= 4 is 0 Å². The molecule has 1 aromatic carbocycles. The third-order valence-electron chi connectivity index (χ3n) is 3.92. The molecule has 96 valence electrons. The summed E-state index contributed by atoms with van der Waals surface area (Å²) in [6, 6.07) is 10.9. The molecule has 0 saturated heterocycles. The van der Waals surface area contributed by atoms with Crippen molar-refractivity contribution in [1.29, 1.82) is 0 Å². The monoisotopic (exact) mass is 232 g/mol. The molecule has 1 aromatic rings. The molecule has 0 unspecified atom stereocenters. The summed E-state index contributed by atoms with van der Waals surface area (Å²) in [5.41, 5.74) is 2.14. The first-order valence-electron chi connectivity index (χ1n) is 7.32. The molecule has 1 saturated carbocycles. The van der Waals surface area contributed by atoms with Crippen molar-refractivity contribution in [2.75, 3.05) is 0 Å². The Morgan fingerprint density at radius 1 is 0.941 bits per heavy atom. The van der Waals surface area contributed by atoms with Gasteiger partial charge in [-0.1, -0.05) is 70.4 Å². The van der Waals surface area contributed by atoms with Crippen LogP contribution in [0.1, 0.15) is 64.9 Å². The van der Waals surface area contributed by atoms with Crippen LogP contribution >= 0.6 is 0 Å². The lowest BCUT2D eigenvalue weighted by Gasteiger charge is -2.33. The molecule has 1 aliphatic carbocycles. The fourth-order valence-corrected chi connectivity index (χ4v) is 2.75. The Morgan fingerprint density at radius 2 is 1.53 bits per heavy atom. The summed E-state index contributed by atoms with van der Waals surface area (Å²) in [7, 11) is 0. The molecule has 0 aliphatic heterocycles. The van der Waals surface area contributed by atoms with Gasteiger partial charge in [-0.2, -0.15) is 0 Å². The average Bonchev–Trinajstić information content (AvgIpc) is 2.41. The maximum absolute atomic E-state index is 2.48. The van der Waals surface area contributed by atoms with Gasteiger partial charge < -0.3 is 0 Å². The first-order chi connectivity index (χ1) is 8.29. The van der Waals surface area contributed by atoms with Crippen molar-refractivity contribution < 1.29 is 0 Å². The molecule has 0 heteroatoms. The Kier molecular flexibility index (Phi) is 6.32. The summed E-state index contributed by atoms with van der Waals surface area (Å²) < 4.78 is 0. The zero-order chi connectivity index (χ0) is 12.6. The van der Waals surface area contributed by atoms with Crippen LogP contribution in [0.3, 0.4) is 0 Å². The van der Waals surface area contributed by atoms with Crippen LogP contribution in [0, 0.1) is 5.41 Å². The van der Waals surface area contributed by atoms with Crippen molar-refractivity contribution in [3.8, 4) is 0 Å². The standard InChI is InChI=1S/C15H22.C2H6/c1-15(11-6-3-7-12-15)13-10-14-8-4-2-5-9-14;1-2/h2,4-5,8-9H,3,6-7,10-13H2,1H3;1-2H3. The summed E-state index contributed by atoms with van der Waals surface area (Å²) in [5.74, 6) is 0. The van der Waals surface area contributed by atoms with Crippen molar-refractivity contribution in [1.82, 2.24) is 0 Å². The average molecular weight is 232 g/mol. The molecule has 0 bridgehead atoms. The largest absolute Gasteiger partial charge is 0.0683 e. The van der Waals surface area contributed by atoms with Gasteiger partial charge in [-0.25, -0.2) is 0 Å². The number of benzene rings is 1. The van der Waals surface area contributed by atoms with Gasteiger partial charge in [0.1, 0.15) is 0 Å². The van der Waals surface area contributed by atoms with Crippen LogP contribution in [0.15, 0.2) is 30.3 Å². The van der Waals surface area contributed by atoms with Crippen molar-refractivity contribution in [2.45, 2.75) is 65.7 Å². The quantitative estimate of drug-likeness (QED) is 0.635. The SMILES string of the molecule is CC.CC1(CCc2ccccc2)CCCCC1. The predicted octanol–water partition coefficient (Wildman–Crippen LogP) is 5.62. The van der Waals surface area contributed by atoms with Gasteiger partial charge in [0, 0.05) is 0 Å². The maximum Gasteiger partial charge on any atom is -0.0274 e. The highest BCUT2D eigenvalue weighted by Gasteiger charge is 2.25. The Labute approximate surface area is 107 Å². The zero-order valence-electron chi connectivity index (χ0n) is 11.8. The Bertz CT molecular complexity index is 280. The number of rotatable bonds is 3. The third-order valence-corrected chi connectivity index (χ3v) is 3.92. The molecule has 2 rings (SSSR count). The number of hydrogen-bond donors (Lipinski definition) is 0. The minimum atomic E-state index is 0.633.